The van der Waals surface area contributed by atoms with Crippen LogP contribution in [0.5, 0.6) is 5.75 Å². The Labute approximate surface area is 162 Å². The molecule has 3 rings (SSSR count). The van der Waals surface area contributed by atoms with E-state index in [2.05, 4.69) is 29.4 Å². The molecule has 0 unspecified atom stereocenters. The number of aromatic nitrogens is 2. The summed E-state index contributed by atoms with van der Waals surface area (Å²) in [5, 5.41) is 21.7. The molecule has 0 saturated carbocycles. The molecule has 10 heteroatoms. The second kappa shape index (κ2) is 7.91. The van der Waals surface area contributed by atoms with Crippen LogP contribution in [-0.2, 0) is 16.4 Å². The molecular formula is C17H22N4O4S2. The molecule has 1 aliphatic heterocycles. The molecule has 0 atom stereocenters. The molecule has 0 radical (unpaired) electrons. The van der Waals surface area contributed by atoms with Gasteiger partial charge in [-0.05, 0) is 37.0 Å². The van der Waals surface area contributed by atoms with E-state index in [0.29, 0.717) is 24.1 Å². The Morgan fingerprint density at radius 1 is 1.30 bits per heavy atom. The van der Waals surface area contributed by atoms with Crippen LogP contribution in [0.2, 0.25) is 0 Å². The molecular weight excluding hydrogens is 388 g/mol. The first-order valence-corrected chi connectivity index (χ1v) is 11.0. The Kier molecular flexibility index (Phi) is 5.78. The number of nitrogens with one attached hydrogen (secondary N) is 1. The van der Waals surface area contributed by atoms with Crippen molar-refractivity contribution in [1.82, 2.24) is 14.5 Å². The van der Waals surface area contributed by atoms with Crippen LogP contribution in [0.15, 0.2) is 23.1 Å². The van der Waals surface area contributed by atoms with Gasteiger partial charge in [0.2, 0.25) is 15.2 Å². The van der Waals surface area contributed by atoms with Gasteiger partial charge in [-0.1, -0.05) is 25.2 Å². The van der Waals surface area contributed by atoms with Crippen molar-refractivity contribution in [2.24, 2.45) is 5.92 Å². The molecule has 2 heterocycles. The lowest BCUT2D eigenvalue weighted by atomic mass is 10.1. The first-order chi connectivity index (χ1) is 12.8. The number of carbonyl (C=O) groups excluding carboxylic acids is 1. The summed E-state index contributed by atoms with van der Waals surface area (Å²) in [5.74, 6) is -0.504. The third kappa shape index (κ3) is 4.45. The molecule has 2 N–H and O–H groups in total. The van der Waals surface area contributed by atoms with E-state index in [4.69, 9.17) is 0 Å². The highest BCUT2D eigenvalue weighted by molar-refractivity contribution is 7.89. The van der Waals surface area contributed by atoms with Gasteiger partial charge in [-0.25, -0.2) is 8.42 Å². The van der Waals surface area contributed by atoms with E-state index >= 15 is 0 Å². The normalized spacial score (nSPS) is 15.4. The van der Waals surface area contributed by atoms with E-state index in [-0.39, 0.29) is 16.2 Å². The average molecular weight is 411 g/mol. The van der Waals surface area contributed by atoms with E-state index in [9.17, 15) is 18.3 Å². The molecule has 2 aromatic rings. The molecule has 0 spiro atoms. The van der Waals surface area contributed by atoms with Gasteiger partial charge in [0.25, 0.3) is 5.91 Å². The van der Waals surface area contributed by atoms with Crippen LogP contribution in [0.1, 0.15) is 42.1 Å². The van der Waals surface area contributed by atoms with E-state index in [1.807, 2.05) is 0 Å². The Morgan fingerprint density at radius 2 is 2.00 bits per heavy atom. The van der Waals surface area contributed by atoms with Crippen LogP contribution in [0.25, 0.3) is 0 Å². The second-order valence-corrected chi connectivity index (χ2v) is 9.84. The third-order valence-electron chi connectivity index (χ3n) is 4.19. The number of amides is 1. The lowest BCUT2D eigenvalue weighted by Crippen LogP contribution is -2.28. The zero-order valence-corrected chi connectivity index (χ0v) is 16.8. The molecule has 1 aromatic carbocycles. The minimum absolute atomic E-state index is 0.00916. The standard InChI is InChI=1S/C17H22N4O4S2/c1-11(2)9-15-19-20-17(26-15)18-16(23)13-10-12(5-6-14(13)22)27(24,25)21-7-3-4-8-21/h5-6,10-11,22H,3-4,7-9H2,1-2H3,(H,18,20,23). The Morgan fingerprint density at radius 3 is 2.67 bits per heavy atom. The fourth-order valence-corrected chi connectivity index (χ4v) is 5.33. The second-order valence-electron chi connectivity index (χ2n) is 6.84. The number of rotatable bonds is 6. The number of aromatic hydroxyl groups is 1. The monoisotopic (exact) mass is 410 g/mol. The summed E-state index contributed by atoms with van der Waals surface area (Å²) in [4.78, 5) is 12.5. The Balaban J connectivity index is 1.81. The quantitative estimate of drug-likeness (QED) is 0.756. The van der Waals surface area contributed by atoms with Gasteiger partial charge < -0.3 is 5.11 Å². The topological polar surface area (TPSA) is 112 Å². The lowest BCUT2D eigenvalue weighted by Gasteiger charge is -2.16. The van der Waals surface area contributed by atoms with Crippen LogP contribution in [0.3, 0.4) is 0 Å². The average Bonchev–Trinajstić information content (AvgIpc) is 3.27. The minimum atomic E-state index is -3.68. The number of benzene rings is 1. The third-order valence-corrected chi connectivity index (χ3v) is 6.94. The van der Waals surface area contributed by atoms with Gasteiger partial charge >= 0.3 is 0 Å². The molecule has 1 saturated heterocycles. The van der Waals surface area contributed by atoms with Crippen molar-refractivity contribution in [2.75, 3.05) is 18.4 Å². The number of nitrogens with zero attached hydrogens (tertiary/aromatic N) is 3. The fraction of sp³-hybridized carbons (Fsp3) is 0.471. The number of hydrogen-bond acceptors (Lipinski definition) is 7. The summed E-state index contributed by atoms with van der Waals surface area (Å²) in [5.41, 5.74) is -0.115. The first-order valence-electron chi connectivity index (χ1n) is 8.74. The zero-order chi connectivity index (χ0) is 19.6. The van der Waals surface area contributed by atoms with Crippen molar-refractivity contribution < 1.29 is 18.3 Å². The molecule has 8 nitrogen and oxygen atoms in total. The number of sulfonamides is 1. The summed E-state index contributed by atoms with van der Waals surface area (Å²) < 4.78 is 26.7. The van der Waals surface area contributed by atoms with E-state index in [1.54, 1.807) is 0 Å². The molecule has 146 valence electrons. The van der Waals surface area contributed by atoms with Gasteiger partial charge in [0.1, 0.15) is 10.8 Å². The molecule has 1 aromatic heterocycles. The van der Waals surface area contributed by atoms with Crippen LogP contribution in [0, 0.1) is 5.92 Å². The number of anilines is 1. The molecule has 0 bridgehead atoms. The number of carbonyl (C=O) groups is 1. The van der Waals surface area contributed by atoms with Gasteiger partial charge in [0, 0.05) is 19.5 Å². The smallest absolute Gasteiger partial charge is 0.261 e. The van der Waals surface area contributed by atoms with E-state index in [1.165, 1.54) is 33.8 Å². The van der Waals surface area contributed by atoms with Crippen LogP contribution >= 0.6 is 11.3 Å². The Hall–Kier alpha value is -2.04. The maximum atomic E-state index is 12.7. The molecule has 1 fully saturated rings. The SMILES string of the molecule is CC(C)Cc1nnc(NC(=O)c2cc(S(=O)(=O)N3CCCC3)ccc2O)s1. The highest BCUT2D eigenvalue weighted by Crippen LogP contribution is 2.27. The van der Waals surface area contributed by atoms with Crippen molar-refractivity contribution in [3.63, 3.8) is 0 Å². The van der Waals surface area contributed by atoms with Gasteiger partial charge in [0.15, 0.2) is 0 Å². The molecule has 1 aliphatic rings. The van der Waals surface area contributed by atoms with Gasteiger partial charge in [-0.15, -0.1) is 10.2 Å². The van der Waals surface area contributed by atoms with Crippen LogP contribution < -0.4 is 5.32 Å². The predicted molar refractivity (Wildman–Crippen MR) is 103 cm³/mol. The predicted octanol–water partition coefficient (Wildman–Crippen LogP) is 2.48. The number of hydrogen-bond donors (Lipinski definition) is 2. The van der Waals surface area contributed by atoms with Crippen molar-refractivity contribution >= 4 is 32.4 Å². The first kappa shape index (κ1) is 19.7. The fourth-order valence-electron chi connectivity index (χ4n) is 2.84. The maximum Gasteiger partial charge on any atom is 0.261 e. The van der Waals surface area contributed by atoms with Crippen molar-refractivity contribution in [3.05, 3.63) is 28.8 Å². The van der Waals surface area contributed by atoms with Gasteiger partial charge in [-0.3, -0.25) is 10.1 Å². The Bertz CT molecular complexity index is 934. The maximum absolute atomic E-state index is 12.7. The van der Waals surface area contributed by atoms with Crippen LogP contribution in [-0.4, -0.2) is 47.0 Å². The largest absolute Gasteiger partial charge is 0.507 e. The van der Waals surface area contributed by atoms with E-state index in [0.717, 1.165) is 24.3 Å². The minimum Gasteiger partial charge on any atom is -0.507 e. The van der Waals surface area contributed by atoms with Gasteiger partial charge in [-0.2, -0.15) is 4.31 Å². The summed E-state index contributed by atoms with van der Waals surface area (Å²) in [6.07, 6.45) is 2.39. The molecule has 27 heavy (non-hydrogen) atoms. The zero-order valence-electron chi connectivity index (χ0n) is 15.2. The summed E-state index contributed by atoms with van der Waals surface area (Å²) in [6.45, 7) is 5.05. The van der Waals surface area contributed by atoms with Crippen molar-refractivity contribution in [2.45, 2.75) is 38.0 Å². The highest BCUT2D eigenvalue weighted by Gasteiger charge is 2.28. The summed E-state index contributed by atoms with van der Waals surface area (Å²) in [6, 6.07) is 3.74. The van der Waals surface area contributed by atoms with E-state index < -0.39 is 15.9 Å². The lowest BCUT2D eigenvalue weighted by molar-refractivity contribution is 0.102. The number of phenols is 1. The molecule has 1 amide bonds. The molecule has 0 aliphatic carbocycles. The highest BCUT2D eigenvalue weighted by atomic mass is 32.2. The number of phenolic OH excluding ortho intramolecular Hbond substituents is 1. The van der Waals surface area contributed by atoms with Crippen molar-refractivity contribution in [1.29, 1.82) is 0 Å². The van der Waals surface area contributed by atoms with Crippen LogP contribution in [0.4, 0.5) is 5.13 Å². The van der Waals surface area contributed by atoms with Crippen molar-refractivity contribution in [3.8, 4) is 5.75 Å². The summed E-state index contributed by atoms with van der Waals surface area (Å²) >= 11 is 1.26. The summed E-state index contributed by atoms with van der Waals surface area (Å²) in [7, 11) is -3.68. The van der Waals surface area contributed by atoms with Gasteiger partial charge in [0.05, 0.1) is 10.5 Å².